The molecule has 17 nitrogen and oxygen atoms in total. The van der Waals surface area contributed by atoms with Gasteiger partial charge >= 0.3 is 0 Å². The second-order valence-corrected chi connectivity index (χ2v) is 17.2. The molecular formula is C46H52FN11O6. The summed E-state index contributed by atoms with van der Waals surface area (Å²) in [6, 6.07) is 15.7. The van der Waals surface area contributed by atoms with Crippen LogP contribution in [0.5, 0.6) is 0 Å². The number of carbonyl (C=O) groups excluding carboxylic acids is 3. The smallest absolute Gasteiger partial charge is 0.278 e. The Kier molecular flexibility index (Phi) is 11.4. The summed E-state index contributed by atoms with van der Waals surface area (Å²) < 4.78 is 18.4. The number of carbonyl (C=O) groups is 3. The van der Waals surface area contributed by atoms with Crippen molar-refractivity contribution in [1.29, 1.82) is 0 Å². The van der Waals surface area contributed by atoms with Crippen LogP contribution in [-0.2, 0) is 33.0 Å². The molecule has 0 bridgehead atoms. The van der Waals surface area contributed by atoms with Gasteiger partial charge in [-0.25, -0.2) is 23.7 Å². The Morgan fingerprint density at radius 3 is 2.39 bits per heavy atom. The Balaban J connectivity index is 0.788. The van der Waals surface area contributed by atoms with Crippen LogP contribution in [0.1, 0.15) is 63.1 Å². The van der Waals surface area contributed by atoms with Crippen LogP contribution in [0.25, 0.3) is 16.9 Å². The Hall–Kier alpha value is -6.66. The van der Waals surface area contributed by atoms with Crippen LogP contribution in [0, 0.1) is 5.82 Å². The number of piperazine rings is 1. The topological polar surface area (TPSA) is 203 Å². The molecule has 4 aliphatic rings. The first-order valence-corrected chi connectivity index (χ1v) is 21.9. The number of anilines is 5. The fourth-order valence-electron chi connectivity index (χ4n) is 9.33. The van der Waals surface area contributed by atoms with Gasteiger partial charge in [-0.15, -0.1) is 6.58 Å². The van der Waals surface area contributed by atoms with E-state index in [4.69, 9.17) is 9.97 Å². The number of allylic oxidation sites excluding steroid dienone is 1. The number of aliphatic hydroxyl groups is 2. The molecule has 2 aromatic carbocycles. The van der Waals surface area contributed by atoms with Crippen molar-refractivity contribution in [3.63, 3.8) is 0 Å². The third-order valence-corrected chi connectivity index (χ3v) is 13.2. The van der Waals surface area contributed by atoms with Gasteiger partial charge in [0.2, 0.25) is 23.7 Å². The number of fused-ring (bicyclic) bond motifs is 2. The van der Waals surface area contributed by atoms with E-state index < -0.39 is 29.0 Å². The number of hydrogen-bond donors (Lipinski definition) is 5. The average Bonchev–Trinajstić information content (AvgIpc) is 3.77. The van der Waals surface area contributed by atoms with E-state index in [1.54, 1.807) is 27.8 Å². The van der Waals surface area contributed by atoms with Gasteiger partial charge in [-0.05, 0) is 92.6 Å². The van der Waals surface area contributed by atoms with Crippen LogP contribution in [0.4, 0.5) is 33.1 Å². The maximum absolute atomic E-state index is 15.3. The van der Waals surface area contributed by atoms with Gasteiger partial charge in [-0.1, -0.05) is 19.1 Å². The van der Waals surface area contributed by atoms with Crippen molar-refractivity contribution in [2.75, 3.05) is 59.7 Å². The number of amides is 3. The lowest BCUT2D eigenvalue weighted by atomic mass is 9.87. The molecule has 334 valence electrons. The highest BCUT2D eigenvalue weighted by Crippen LogP contribution is 2.39. The van der Waals surface area contributed by atoms with Gasteiger partial charge in [0.05, 0.1) is 29.9 Å². The van der Waals surface area contributed by atoms with Crippen molar-refractivity contribution in [3.8, 4) is 5.82 Å². The van der Waals surface area contributed by atoms with Gasteiger partial charge in [0.25, 0.3) is 5.56 Å². The number of benzene rings is 2. The first-order valence-electron chi connectivity index (χ1n) is 21.9. The molecule has 1 aliphatic carbocycles. The number of nitrogens with zero attached hydrogens (tertiary/aromatic N) is 8. The number of piperidine rings is 2. The highest BCUT2D eigenvalue weighted by Gasteiger charge is 2.39. The third kappa shape index (κ3) is 8.30. The van der Waals surface area contributed by atoms with Crippen molar-refractivity contribution in [1.82, 2.24) is 34.5 Å². The molecule has 3 aliphatic heterocycles. The maximum atomic E-state index is 15.3. The predicted octanol–water partition coefficient (Wildman–Crippen LogP) is 3.88. The molecule has 6 heterocycles. The largest absolute Gasteiger partial charge is 0.389 e. The van der Waals surface area contributed by atoms with E-state index in [2.05, 4.69) is 32.4 Å². The molecule has 3 amide bonds. The van der Waals surface area contributed by atoms with Gasteiger partial charge in [-0.2, -0.15) is 4.98 Å². The number of pyridine rings is 1. The molecule has 1 unspecified atom stereocenters. The molecule has 0 saturated carbocycles. The average molecular weight is 874 g/mol. The summed E-state index contributed by atoms with van der Waals surface area (Å²) in [7, 11) is 0. The molecule has 3 fully saturated rings. The summed E-state index contributed by atoms with van der Waals surface area (Å²) in [5, 5.41) is 31.6. The van der Waals surface area contributed by atoms with E-state index >= 15 is 4.39 Å². The van der Waals surface area contributed by atoms with Crippen LogP contribution in [0.3, 0.4) is 0 Å². The monoisotopic (exact) mass is 873 g/mol. The lowest BCUT2D eigenvalue weighted by Gasteiger charge is -2.41. The second-order valence-electron chi connectivity index (χ2n) is 17.2. The van der Waals surface area contributed by atoms with Gasteiger partial charge in [0.15, 0.2) is 11.5 Å². The summed E-state index contributed by atoms with van der Waals surface area (Å²) in [6.07, 6.45) is 6.17. The molecule has 0 radical (unpaired) electrons. The molecule has 2 atom stereocenters. The summed E-state index contributed by atoms with van der Waals surface area (Å²) in [6.45, 7) is 8.99. The number of rotatable bonds is 12. The number of nitrogens with one attached hydrogen (secondary N) is 3. The van der Waals surface area contributed by atoms with Crippen LogP contribution in [0.2, 0.25) is 0 Å². The zero-order valence-electron chi connectivity index (χ0n) is 35.7. The van der Waals surface area contributed by atoms with E-state index in [9.17, 15) is 29.4 Å². The minimum atomic E-state index is -1.20. The van der Waals surface area contributed by atoms with Gasteiger partial charge in [-0.3, -0.25) is 24.5 Å². The Morgan fingerprint density at radius 1 is 0.938 bits per heavy atom. The minimum absolute atomic E-state index is 0.00643. The zero-order chi connectivity index (χ0) is 44.8. The predicted molar refractivity (Wildman–Crippen MR) is 239 cm³/mol. The minimum Gasteiger partial charge on any atom is -0.389 e. The number of aryl methyl sites for hydroxylation is 1. The molecule has 0 spiro atoms. The van der Waals surface area contributed by atoms with Crippen molar-refractivity contribution in [2.24, 2.45) is 0 Å². The van der Waals surface area contributed by atoms with Crippen LogP contribution in [-0.4, -0.2) is 108 Å². The van der Waals surface area contributed by atoms with Gasteiger partial charge in [0, 0.05) is 68.9 Å². The van der Waals surface area contributed by atoms with E-state index in [1.165, 1.54) is 16.9 Å². The first-order chi connectivity index (χ1) is 30.8. The SMILES string of the molecule is C=CCn1c(=O)c2cnc(Nc3ccc(N4CCN(C(=O)CC5(O)CCN(c6ccc(NC7CCC(=O)NC7=O)cc6F)CC5)CC4)cc3)nc2n1-c1ccc2c(n1)[C@@](O)(CC)CC2. The number of halogens is 1. The summed E-state index contributed by atoms with van der Waals surface area (Å²) in [5.41, 5.74) is 2.04. The number of hydrogen-bond acceptors (Lipinski definition) is 13. The lowest BCUT2D eigenvalue weighted by molar-refractivity contribution is -0.138. The Bertz CT molecular complexity index is 2690. The fraction of sp³-hybridized carbons (Fsp3) is 0.413. The summed E-state index contributed by atoms with van der Waals surface area (Å²) in [4.78, 5) is 70.5. The molecule has 5 aromatic rings. The fourth-order valence-corrected chi connectivity index (χ4v) is 9.33. The van der Waals surface area contributed by atoms with Gasteiger partial charge < -0.3 is 35.5 Å². The van der Waals surface area contributed by atoms with Crippen molar-refractivity contribution >= 4 is 57.5 Å². The van der Waals surface area contributed by atoms with E-state index in [0.29, 0.717) is 105 Å². The van der Waals surface area contributed by atoms with E-state index in [0.717, 1.165) is 23.4 Å². The zero-order valence-corrected chi connectivity index (χ0v) is 35.7. The first kappa shape index (κ1) is 42.6. The van der Waals surface area contributed by atoms with E-state index in [-0.39, 0.29) is 42.7 Å². The molecule has 64 heavy (non-hydrogen) atoms. The highest BCUT2D eigenvalue weighted by molar-refractivity contribution is 6.01. The van der Waals surface area contributed by atoms with Gasteiger partial charge in [0.1, 0.15) is 22.8 Å². The normalized spacial score (nSPS) is 20.9. The standard InChI is InChI=1S/C46H52FN11O6/c1-3-19-57-43(62)33-28-48-44(53-41(33)58(57)37-13-5-29-15-16-46(64,4-2)40(29)51-37)50-30-6-9-32(10-7-30)54-22-24-56(25-23-54)39(60)27-45(63)17-20-55(21-18-45)36-12-8-31(26-34(36)47)49-35-11-14-38(59)52-42(35)61/h3,5-10,12-13,26,28,35,49,63-64H,1,4,11,14-25,27H2,2H3,(H,48,50,53)(H,52,59,61)/t35?,46-/m1/s1. The Morgan fingerprint density at radius 2 is 1.69 bits per heavy atom. The maximum Gasteiger partial charge on any atom is 0.278 e. The second kappa shape index (κ2) is 17.1. The third-order valence-electron chi connectivity index (χ3n) is 13.2. The van der Waals surface area contributed by atoms with Crippen molar-refractivity contribution in [2.45, 2.75) is 82.1 Å². The van der Waals surface area contributed by atoms with Crippen molar-refractivity contribution in [3.05, 3.63) is 101 Å². The molecule has 5 N–H and O–H groups in total. The van der Waals surface area contributed by atoms with Crippen LogP contribution in [0.15, 0.2) is 78.2 Å². The molecule has 9 rings (SSSR count). The molecule has 3 saturated heterocycles. The number of aromatic nitrogens is 5. The van der Waals surface area contributed by atoms with Crippen LogP contribution < -0.4 is 31.3 Å². The summed E-state index contributed by atoms with van der Waals surface area (Å²) >= 11 is 0. The lowest BCUT2D eigenvalue weighted by Crippen LogP contribution is -2.52. The number of imide groups is 1. The summed E-state index contributed by atoms with van der Waals surface area (Å²) in [5.74, 6) is -0.564. The van der Waals surface area contributed by atoms with Crippen molar-refractivity contribution < 1.29 is 29.0 Å². The molecule has 18 heteroatoms. The highest BCUT2D eigenvalue weighted by atomic mass is 19.1. The Labute approximate surface area is 368 Å². The van der Waals surface area contributed by atoms with E-state index in [1.807, 2.05) is 48.2 Å². The quantitative estimate of drug-likeness (QED) is 0.0894. The molecular weight excluding hydrogens is 822 g/mol. The van der Waals surface area contributed by atoms with Crippen LogP contribution >= 0.6 is 0 Å². The molecule has 3 aromatic heterocycles.